The fraction of sp³-hybridized carbons (Fsp3) is 0.643. The zero-order valence-corrected chi connectivity index (χ0v) is 13.6. The van der Waals surface area contributed by atoms with Crippen LogP contribution < -0.4 is 0 Å². The van der Waals surface area contributed by atoms with E-state index in [4.69, 9.17) is 14.3 Å². The van der Waals surface area contributed by atoms with Crippen molar-refractivity contribution in [2.75, 3.05) is 46.1 Å². The summed E-state index contributed by atoms with van der Waals surface area (Å²) in [6.07, 6.45) is 3.26. The van der Waals surface area contributed by atoms with Gasteiger partial charge < -0.3 is 9.47 Å². The van der Waals surface area contributed by atoms with Crippen LogP contribution in [0.2, 0.25) is 0 Å². The molecule has 2 heterocycles. The first-order chi connectivity index (χ1) is 11.1. The maximum Gasteiger partial charge on any atom is 0.269 e. The third-order valence-corrected chi connectivity index (χ3v) is 3.73. The molecular weight excluding hydrogens is 324 g/mol. The van der Waals surface area contributed by atoms with Crippen LogP contribution in [0.3, 0.4) is 0 Å². The van der Waals surface area contributed by atoms with Crippen molar-refractivity contribution in [3.8, 4) is 0 Å². The molecule has 1 saturated heterocycles. The van der Waals surface area contributed by atoms with Crippen molar-refractivity contribution in [3.63, 3.8) is 0 Å². The minimum atomic E-state index is -0.527. The molecule has 0 aromatic heterocycles. The number of imide groups is 1. The van der Waals surface area contributed by atoms with Gasteiger partial charge >= 0.3 is 0 Å². The third-order valence-electron chi connectivity index (χ3n) is 3.32. The van der Waals surface area contributed by atoms with Gasteiger partial charge in [0.15, 0.2) is 0 Å². The highest BCUT2D eigenvalue weighted by Gasteiger charge is 2.35. The van der Waals surface area contributed by atoms with Crippen LogP contribution in [0.5, 0.6) is 0 Å². The molecule has 0 bridgehead atoms. The van der Waals surface area contributed by atoms with Crippen molar-refractivity contribution in [1.29, 1.82) is 0 Å². The van der Waals surface area contributed by atoms with Gasteiger partial charge in [-0.15, -0.1) is 0 Å². The van der Waals surface area contributed by atoms with Gasteiger partial charge in [0.2, 0.25) is 11.8 Å². The van der Waals surface area contributed by atoms with E-state index in [-0.39, 0.29) is 37.3 Å². The Bertz CT molecular complexity index is 484. The number of nitrogens with zero attached hydrogens (tertiary/aromatic N) is 2. The van der Waals surface area contributed by atoms with Gasteiger partial charge in [-0.1, -0.05) is 6.08 Å². The molecular formula is C14H20N2O6S. The lowest BCUT2D eigenvalue weighted by atomic mass is 10.4. The van der Waals surface area contributed by atoms with Crippen LogP contribution in [-0.4, -0.2) is 79.1 Å². The minimum Gasteiger partial charge on any atom is -0.377 e. The number of amides is 3. The highest BCUT2D eigenvalue weighted by molar-refractivity contribution is 7.81. The summed E-state index contributed by atoms with van der Waals surface area (Å²) in [6, 6.07) is 0. The summed E-state index contributed by atoms with van der Waals surface area (Å²) in [5.41, 5.74) is 0. The molecule has 0 aromatic rings. The Balaban J connectivity index is 1.47. The molecule has 2 aliphatic rings. The number of hydrogen-bond donors (Lipinski definition) is 1. The van der Waals surface area contributed by atoms with Crippen molar-refractivity contribution >= 4 is 30.4 Å². The summed E-state index contributed by atoms with van der Waals surface area (Å²) in [7, 11) is 0. The molecule has 3 amide bonds. The van der Waals surface area contributed by atoms with Crippen LogP contribution >= 0.6 is 12.6 Å². The van der Waals surface area contributed by atoms with Gasteiger partial charge in [0.05, 0.1) is 51.4 Å². The smallest absolute Gasteiger partial charge is 0.269 e. The van der Waals surface area contributed by atoms with Gasteiger partial charge in [-0.25, -0.2) is 5.06 Å². The quantitative estimate of drug-likeness (QED) is 0.342. The Kier molecular flexibility index (Phi) is 7.03. The first-order valence-corrected chi connectivity index (χ1v) is 7.90. The van der Waals surface area contributed by atoms with Gasteiger partial charge in [-0.05, 0) is 0 Å². The molecule has 2 aliphatic heterocycles. The molecule has 9 heteroatoms. The van der Waals surface area contributed by atoms with Crippen LogP contribution in [0.25, 0.3) is 0 Å². The standard InChI is InChI=1S/C14H20N2O6S/c17-12-2-1-5-22-16(12)4-7-21-9-8-20-6-3-15-13(18)10-11(23)14(15)19/h1-2,11,23H,3-10H2. The number of hydroxylamine groups is 2. The molecule has 128 valence electrons. The average Bonchev–Trinajstić information content (AvgIpc) is 2.77. The van der Waals surface area contributed by atoms with Crippen LogP contribution in [0, 0.1) is 0 Å². The summed E-state index contributed by atoms with van der Waals surface area (Å²) in [5.74, 6) is -0.674. The number of hydrogen-bond acceptors (Lipinski definition) is 7. The molecule has 0 aliphatic carbocycles. The van der Waals surface area contributed by atoms with Gasteiger partial charge in [0.1, 0.15) is 0 Å². The third kappa shape index (κ3) is 5.31. The molecule has 0 aromatic carbocycles. The maximum atomic E-state index is 11.6. The van der Waals surface area contributed by atoms with Crippen LogP contribution in [0.15, 0.2) is 12.2 Å². The lowest BCUT2D eigenvalue weighted by Crippen LogP contribution is -2.35. The summed E-state index contributed by atoms with van der Waals surface area (Å²) >= 11 is 4.04. The van der Waals surface area contributed by atoms with E-state index in [1.165, 1.54) is 16.0 Å². The average molecular weight is 344 g/mol. The number of carbonyl (C=O) groups is 3. The van der Waals surface area contributed by atoms with E-state index in [1.807, 2.05) is 0 Å². The van der Waals surface area contributed by atoms with E-state index >= 15 is 0 Å². The van der Waals surface area contributed by atoms with Crippen LogP contribution in [-0.2, 0) is 28.7 Å². The number of ether oxygens (including phenoxy) is 2. The highest BCUT2D eigenvalue weighted by atomic mass is 32.1. The Hall–Kier alpha value is -1.42. The van der Waals surface area contributed by atoms with Crippen molar-refractivity contribution in [2.24, 2.45) is 0 Å². The minimum absolute atomic E-state index is 0.150. The summed E-state index contributed by atoms with van der Waals surface area (Å²) in [6.45, 7) is 2.27. The molecule has 23 heavy (non-hydrogen) atoms. The summed E-state index contributed by atoms with van der Waals surface area (Å²) in [4.78, 5) is 40.8. The van der Waals surface area contributed by atoms with E-state index in [0.717, 1.165) is 0 Å². The van der Waals surface area contributed by atoms with Crippen molar-refractivity contribution in [1.82, 2.24) is 9.96 Å². The highest BCUT2D eigenvalue weighted by Crippen LogP contribution is 2.17. The largest absolute Gasteiger partial charge is 0.377 e. The first-order valence-electron chi connectivity index (χ1n) is 7.38. The lowest BCUT2D eigenvalue weighted by Gasteiger charge is -2.22. The summed E-state index contributed by atoms with van der Waals surface area (Å²) < 4.78 is 10.7. The fourth-order valence-electron chi connectivity index (χ4n) is 2.13. The van der Waals surface area contributed by atoms with Gasteiger partial charge in [-0.3, -0.25) is 24.1 Å². The van der Waals surface area contributed by atoms with Crippen LogP contribution in [0.4, 0.5) is 0 Å². The zero-order valence-electron chi connectivity index (χ0n) is 12.7. The molecule has 0 N–H and O–H groups in total. The predicted octanol–water partition coefficient (Wildman–Crippen LogP) is -0.593. The normalized spacial score (nSPS) is 21.6. The van der Waals surface area contributed by atoms with Crippen molar-refractivity contribution < 1.29 is 28.7 Å². The fourth-order valence-corrected chi connectivity index (χ4v) is 2.42. The Morgan fingerprint density at radius 3 is 2.43 bits per heavy atom. The van der Waals surface area contributed by atoms with Crippen molar-refractivity contribution in [3.05, 3.63) is 12.2 Å². The van der Waals surface area contributed by atoms with Gasteiger partial charge in [0.25, 0.3) is 5.91 Å². The number of carbonyl (C=O) groups excluding carboxylic acids is 3. The second-order valence-corrected chi connectivity index (χ2v) is 5.59. The number of likely N-dealkylation sites (tertiary alicyclic amines) is 1. The molecule has 2 rings (SSSR count). The molecule has 8 nitrogen and oxygen atoms in total. The summed E-state index contributed by atoms with van der Waals surface area (Å²) in [5, 5.41) is 0.722. The second-order valence-electron chi connectivity index (χ2n) is 4.97. The Morgan fingerprint density at radius 1 is 1.13 bits per heavy atom. The van der Waals surface area contributed by atoms with Gasteiger partial charge in [0, 0.05) is 12.5 Å². The Morgan fingerprint density at radius 2 is 1.83 bits per heavy atom. The van der Waals surface area contributed by atoms with E-state index in [1.54, 1.807) is 6.08 Å². The molecule has 0 saturated carbocycles. The molecule has 1 fully saturated rings. The monoisotopic (exact) mass is 344 g/mol. The van der Waals surface area contributed by atoms with E-state index in [2.05, 4.69) is 12.6 Å². The molecule has 1 unspecified atom stereocenters. The van der Waals surface area contributed by atoms with Crippen molar-refractivity contribution in [2.45, 2.75) is 11.7 Å². The van der Waals surface area contributed by atoms with Crippen LogP contribution in [0.1, 0.15) is 6.42 Å². The lowest BCUT2D eigenvalue weighted by molar-refractivity contribution is -0.183. The maximum absolute atomic E-state index is 11.6. The van der Waals surface area contributed by atoms with E-state index in [9.17, 15) is 14.4 Å². The zero-order chi connectivity index (χ0) is 16.7. The predicted molar refractivity (Wildman–Crippen MR) is 82.6 cm³/mol. The SMILES string of the molecule is O=C1C=CCON1CCOCCOCCN1C(=O)CC(S)C1=O. The number of rotatable bonds is 9. The second kappa shape index (κ2) is 9.02. The van der Waals surface area contributed by atoms with Gasteiger partial charge in [-0.2, -0.15) is 12.6 Å². The Labute approximate surface area is 139 Å². The molecule has 1 atom stereocenters. The molecule has 0 spiro atoms. The topological polar surface area (TPSA) is 85.4 Å². The first kappa shape index (κ1) is 17.9. The van der Waals surface area contributed by atoms with E-state index in [0.29, 0.717) is 33.0 Å². The number of thiol groups is 1. The van der Waals surface area contributed by atoms with E-state index < -0.39 is 5.25 Å². The molecule has 0 radical (unpaired) electrons.